The molecule has 7 heteroatoms. The monoisotopic (exact) mass is 438 g/mol. The smallest absolute Gasteiger partial charge is 0.262 e. The molecule has 0 aliphatic carbocycles. The quantitative estimate of drug-likeness (QED) is 0.535. The molecule has 3 aromatic rings. The average Bonchev–Trinajstić information content (AvgIpc) is 2.75. The van der Waals surface area contributed by atoms with Gasteiger partial charge in [-0.1, -0.05) is 31.2 Å². The highest BCUT2D eigenvalue weighted by molar-refractivity contribution is 7.92. The number of nitrogens with one attached hydrogen (secondary N) is 2. The van der Waals surface area contributed by atoms with Crippen LogP contribution in [0.15, 0.2) is 71.6 Å². The molecule has 2 N–H and O–H groups in total. The Hall–Kier alpha value is -3.32. The molecule has 0 aliphatic heterocycles. The van der Waals surface area contributed by atoms with Gasteiger partial charge in [0.2, 0.25) is 0 Å². The third kappa shape index (κ3) is 5.86. The van der Waals surface area contributed by atoms with Gasteiger partial charge in [-0.25, -0.2) is 8.42 Å². The van der Waals surface area contributed by atoms with Gasteiger partial charge in [-0.2, -0.15) is 0 Å². The van der Waals surface area contributed by atoms with Crippen LogP contribution in [0.4, 0.5) is 11.4 Å². The molecule has 0 atom stereocenters. The molecule has 0 radical (unpaired) electrons. The number of sulfonamides is 1. The summed E-state index contributed by atoms with van der Waals surface area (Å²) in [5, 5.41) is 2.83. The molecule has 0 aromatic heterocycles. The van der Waals surface area contributed by atoms with Crippen molar-refractivity contribution in [3.63, 3.8) is 0 Å². The molecule has 3 aromatic carbocycles. The Kier molecular flexibility index (Phi) is 6.97. The van der Waals surface area contributed by atoms with E-state index in [1.807, 2.05) is 51.1 Å². The Labute approximate surface area is 183 Å². The molecule has 0 aliphatic rings. The SMILES string of the molecule is CCc1ccccc1NC(=O)COc1ccc(S(=O)(=O)Nc2ccc(C)c(C)c2)cc1. The minimum Gasteiger partial charge on any atom is -0.484 e. The number of hydrogen-bond donors (Lipinski definition) is 2. The molecular weight excluding hydrogens is 412 g/mol. The number of carbonyl (C=O) groups excluding carboxylic acids is 1. The van der Waals surface area contributed by atoms with Gasteiger partial charge >= 0.3 is 0 Å². The molecule has 0 saturated heterocycles. The topological polar surface area (TPSA) is 84.5 Å². The van der Waals surface area contributed by atoms with Crippen LogP contribution in [0.25, 0.3) is 0 Å². The van der Waals surface area contributed by atoms with Gasteiger partial charge in [0.25, 0.3) is 15.9 Å². The minimum atomic E-state index is -3.72. The predicted octanol–water partition coefficient (Wildman–Crippen LogP) is 4.68. The van der Waals surface area contributed by atoms with Gasteiger partial charge in [0, 0.05) is 11.4 Å². The third-order valence-electron chi connectivity index (χ3n) is 4.94. The van der Waals surface area contributed by atoms with E-state index in [4.69, 9.17) is 4.74 Å². The zero-order valence-electron chi connectivity index (χ0n) is 17.8. The zero-order chi connectivity index (χ0) is 22.4. The summed E-state index contributed by atoms with van der Waals surface area (Å²) in [6.07, 6.45) is 0.809. The fourth-order valence-corrected chi connectivity index (χ4v) is 4.07. The van der Waals surface area contributed by atoms with Crippen LogP contribution in [0.2, 0.25) is 0 Å². The van der Waals surface area contributed by atoms with Crippen LogP contribution in [0, 0.1) is 13.8 Å². The highest BCUT2D eigenvalue weighted by Crippen LogP contribution is 2.21. The summed E-state index contributed by atoms with van der Waals surface area (Å²) < 4.78 is 33.3. The van der Waals surface area contributed by atoms with E-state index in [2.05, 4.69) is 10.0 Å². The van der Waals surface area contributed by atoms with Crippen LogP contribution in [-0.4, -0.2) is 20.9 Å². The maximum Gasteiger partial charge on any atom is 0.262 e. The molecule has 0 fully saturated rings. The number of ether oxygens (including phenoxy) is 1. The van der Waals surface area contributed by atoms with E-state index in [-0.39, 0.29) is 17.4 Å². The summed E-state index contributed by atoms with van der Waals surface area (Å²) in [6.45, 7) is 5.74. The Balaban J connectivity index is 1.60. The largest absolute Gasteiger partial charge is 0.484 e. The molecule has 31 heavy (non-hydrogen) atoms. The van der Waals surface area contributed by atoms with Gasteiger partial charge in [-0.05, 0) is 79.4 Å². The minimum absolute atomic E-state index is 0.111. The lowest BCUT2D eigenvalue weighted by Gasteiger charge is -2.12. The molecule has 0 saturated carbocycles. The standard InChI is InChI=1S/C24H26N2O4S/c1-4-19-7-5-6-8-23(19)25-24(27)16-30-21-11-13-22(14-12-21)31(28,29)26-20-10-9-17(2)18(3)15-20/h5-15,26H,4,16H2,1-3H3,(H,25,27). The second kappa shape index (κ2) is 9.66. The van der Waals surface area contributed by atoms with Gasteiger partial charge in [0.1, 0.15) is 5.75 Å². The van der Waals surface area contributed by atoms with E-state index in [0.29, 0.717) is 11.4 Å². The molecule has 6 nitrogen and oxygen atoms in total. The van der Waals surface area contributed by atoms with Crippen LogP contribution >= 0.6 is 0 Å². The van der Waals surface area contributed by atoms with Crippen molar-refractivity contribution in [2.45, 2.75) is 32.1 Å². The molecule has 0 bridgehead atoms. The summed E-state index contributed by atoms with van der Waals surface area (Å²) in [6, 6.07) is 18.9. The van der Waals surface area contributed by atoms with Crippen LogP contribution in [0.3, 0.4) is 0 Å². The number of hydrogen-bond acceptors (Lipinski definition) is 4. The van der Waals surface area contributed by atoms with Gasteiger partial charge in [0.05, 0.1) is 4.90 Å². The average molecular weight is 439 g/mol. The molecule has 0 spiro atoms. The van der Waals surface area contributed by atoms with Crippen LogP contribution in [-0.2, 0) is 21.2 Å². The number of rotatable bonds is 8. The fraction of sp³-hybridized carbons (Fsp3) is 0.208. The van der Waals surface area contributed by atoms with Crippen LogP contribution in [0.5, 0.6) is 5.75 Å². The van der Waals surface area contributed by atoms with E-state index in [9.17, 15) is 13.2 Å². The molecule has 0 unspecified atom stereocenters. The lowest BCUT2D eigenvalue weighted by Crippen LogP contribution is -2.21. The third-order valence-corrected chi connectivity index (χ3v) is 6.33. The van der Waals surface area contributed by atoms with Crippen molar-refractivity contribution in [2.24, 2.45) is 0 Å². The van der Waals surface area contributed by atoms with Gasteiger partial charge < -0.3 is 10.1 Å². The highest BCUT2D eigenvalue weighted by Gasteiger charge is 2.15. The molecule has 162 valence electrons. The van der Waals surface area contributed by atoms with Crippen molar-refractivity contribution in [1.82, 2.24) is 0 Å². The number of aryl methyl sites for hydroxylation is 3. The number of amides is 1. The first-order chi connectivity index (χ1) is 14.8. The number of anilines is 2. The number of benzene rings is 3. The molecule has 3 rings (SSSR count). The Morgan fingerprint density at radius 3 is 2.32 bits per heavy atom. The Morgan fingerprint density at radius 1 is 0.935 bits per heavy atom. The van der Waals surface area contributed by atoms with E-state index in [1.165, 1.54) is 24.3 Å². The van der Waals surface area contributed by atoms with Crippen molar-refractivity contribution in [1.29, 1.82) is 0 Å². The van der Waals surface area contributed by atoms with Crippen LogP contribution < -0.4 is 14.8 Å². The number of carbonyl (C=O) groups is 1. The van der Waals surface area contributed by atoms with Gasteiger partial charge in [-0.3, -0.25) is 9.52 Å². The maximum atomic E-state index is 12.6. The Morgan fingerprint density at radius 2 is 1.65 bits per heavy atom. The van der Waals surface area contributed by atoms with Crippen molar-refractivity contribution < 1.29 is 17.9 Å². The zero-order valence-corrected chi connectivity index (χ0v) is 18.6. The highest BCUT2D eigenvalue weighted by atomic mass is 32.2. The summed E-state index contributed by atoms with van der Waals surface area (Å²) in [4.78, 5) is 12.3. The lowest BCUT2D eigenvalue weighted by atomic mass is 10.1. The summed E-state index contributed by atoms with van der Waals surface area (Å²) >= 11 is 0. The van der Waals surface area contributed by atoms with Crippen molar-refractivity contribution >= 4 is 27.3 Å². The normalized spacial score (nSPS) is 11.1. The van der Waals surface area contributed by atoms with E-state index >= 15 is 0 Å². The first kappa shape index (κ1) is 22.4. The second-order valence-electron chi connectivity index (χ2n) is 7.22. The van der Waals surface area contributed by atoms with Crippen molar-refractivity contribution in [2.75, 3.05) is 16.6 Å². The van der Waals surface area contributed by atoms with Crippen molar-refractivity contribution in [3.05, 3.63) is 83.4 Å². The summed E-state index contributed by atoms with van der Waals surface area (Å²) in [5.74, 6) is 0.123. The van der Waals surface area contributed by atoms with Gasteiger partial charge in [-0.15, -0.1) is 0 Å². The second-order valence-corrected chi connectivity index (χ2v) is 8.91. The predicted molar refractivity (Wildman–Crippen MR) is 123 cm³/mol. The fourth-order valence-electron chi connectivity index (χ4n) is 3.02. The van der Waals surface area contributed by atoms with Crippen molar-refractivity contribution in [3.8, 4) is 5.75 Å². The Bertz CT molecular complexity index is 1170. The van der Waals surface area contributed by atoms with E-state index in [0.717, 1.165) is 28.8 Å². The lowest BCUT2D eigenvalue weighted by molar-refractivity contribution is -0.118. The van der Waals surface area contributed by atoms with E-state index in [1.54, 1.807) is 12.1 Å². The maximum absolute atomic E-state index is 12.6. The first-order valence-corrected chi connectivity index (χ1v) is 11.5. The summed E-state index contributed by atoms with van der Waals surface area (Å²) in [5.41, 5.74) is 4.40. The molecule has 0 heterocycles. The molecule has 1 amide bonds. The van der Waals surface area contributed by atoms with Gasteiger partial charge in [0.15, 0.2) is 6.61 Å². The summed E-state index contributed by atoms with van der Waals surface area (Å²) in [7, 11) is -3.72. The van der Waals surface area contributed by atoms with Crippen LogP contribution in [0.1, 0.15) is 23.6 Å². The number of para-hydroxylation sites is 1. The first-order valence-electron chi connectivity index (χ1n) is 9.99. The molecular formula is C24H26N2O4S. The van der Waals surface area contributed by atoms with E-state index < -0.39 is 10.0 Å².